The van der Waals surface area contributed by atoms with Gasteiger partial charge in [-0.3, -0.25) is 4.79 Å². The molecule has 0 aliphatic rings. The van der Waals surface area contributed by atoms with E-state index in [0.717, 1.165) is 23.7 Å². The second kappa shape index (κ2) is 9.32. The van der Waals surface area contributed by atoms with Crippen molar-refractivity contribution in [2.45, 2.75) is 51.9 Å². The Balaban J connectivity index is 2.32. The maximum Gasteiger partial charge on any atom is 0.162 e. The quantitative estimate of drug-likeness (QED) is 0.349. The topological polar surface area (TPSA) is 17.1 Å². The van der Waals surface area contributed by atoms with Gasteiger partial charge < -0.3 is 0 Å². The number of hydrogen-bond acceptors (Lipinski definition) is 1. The lowest BCUT2D eigenvalue weighted by molar-refractivity contribution is 0.0979. The Morgan fingerprint density at radius 3 is 2.33 bits per heavy atom. The number of rotatable bonds is 9. The summed E-state index contributed by atoms with van der Waals surface area (Å²) in [5.74, 6) is 0.289. The van der Waals surface area contributed by atoms with E-state index < -0.39 is 0 Å². The first kappa shape index (κ1) is 15.4. The lowest BCUT2D eigenvalue weighted by Crippen LogP contribution is -1.99. The van der Waals surface area contributed by atoms with Gasteiger partial charge in [-0.15, -0.1) is 0 Å². The highest BCUT2D eigenvalue weighted by atomic mass is 79.9. The van der Waals surface area contributed by atoms with E-state index >= 15 is 0 Å². The van der Waals surface area contributed by atoms with Crippen molar-refractivity contribution in [1.29, 1.82) is 0 Å². The van der Waals surface area contributed by atoms with Crippen LogP contribution in [0.1, 0.15) is 61.4 Å². The number of carbonyl (C=O) groups excluding carboxylic acids is 1. The second-order valence-electron chi connectivity index (χ2n) is 4.72. The summed E-state index contributed by atoms with van der Waals surface area (Å²) < 4.78 is 0. The fourth-order valence-corrected chi connectivity index (χ4v) is 2.46. The molecule has 0 amide bonds. The van der Waals surface area contributed by atoms with Crippen LogP contribution < -0.4 is 0 Å². The van der Waals surface area contributed by atoms with E-state index in [4.69, 9.17) is 0 Å². The first-order valence-electron chi connectivity index (χ1n) is 6.96. The van der Waals surface area contributed by atoms with E-state index in [1.165, 1.54) is 31.2 Å². The average Bonchev–Trinajstić information content (AvgIpc) is 2.39. The molecular weight excluding hydrogens is 288 g/mol. The summed E-state index contributed by atoms with van der Waals surface area (Å²) in [4.78, 5) is 11.9. The Bertz CT molecular complexity index is 343. The van der Waals surface area contributed by atoms with Crippen LogP contribution in [0.2, 0.25) is 0 Å². The predicted molar refractivity (Wildman–Crippen MR) is 81.6 cm³/mol. The van der Waals surface area contributed by atoms with Crippen molar-refractivity contribution >= 4 is 21.7 Å². The first-order chi connectivity index (χ1) is 8.77. The van der Waals surface area contributed by atoms with E-state index in [-0.39, 0.29) is 5.78 Å². The molecule has 0 aliphatic carbocycles. The minimum Gasteiger partial charge on any atom is -0.294 e. The zero-order valence-electron chi connectivity index (χ0n) is 11.3. The molecule has 1 aromatic rings. The van der Waals surface area contributed by atoms with Crippen LogP contribution in [0.3, 0.4) is 0 Å². The zero-order chi connectivity index (χ0) is 13.2. The normalized spacial score (nSPS) is 10.6. The molecular formula is C16H23BrO. The van der Waals surface area contributed by atoms with Crippen molar-refractivity contribution in [3.63, 3.8) is 0 Å². The van der Waals surface area contributed by atoms with E-state index in [1.54, 1.807) is 0 Å². The first-order valence-corrected chi connectivity index (χ1v) is 8.08. The van der Waals surface area contributed by atoms with Crippen molar-refractivity contribution in [3.8, 4) is 0 Å². The third-order valence-corrected chi connectivity index (χ3v) is 3.56. The summed E-state index contributed by atoms with van der Waals surface area (Å²) in [5, 5.41) is 0.970. The highest BCUT2D eigenvalue weighted by Gasteiger charge is 2.05. The second-order valence-corrected chi connectivity index (χ2v) is 5.52. The average molecular weight is 311 g/mol. The van der Waals surface area contributed by atoms with E-state index in [1.807, 2.05) is 12.1 Å². The highest BCUT2D eigenvalue weighted by Crippen LogP contribution is 2.12. The Hall–Kier alpha value is -0.630. The molecule has 18 heavy (non-hydrogen) atoms. The van der Waals surface area contributed by atoms with Crippen molar-refractivity contribution in [2.75, 3.05) is 5.33 Å². The zero-order valence-corrected chi connectivity index (χ0v) is 12.8. The monoisotopic (exact) mass is 310 g/mol. The van der Waals surface area contributed by atoms with Gasteiger partial charge in [0.05, 0.1) is 0 Å². The third kappa shape index (κ3) is 5.81. The van der Waals surface area contributed by atoms with Crippen LogP contribution in [-0.4, -0.2) is 11.1 Å². The number of aryl methyl sites for hydroxylation is 1. The lowest BCUT2D eigenvalue weighted by atomic mass is 10.0. The van der Waals surface area contributed by atoms with Gasteiger partial charge in [0.25, 0.3) is 0 Å². The van der Waals surface area contributed by atoms with Gasteiger partial charge in [-0.2, -0.15) is 0 Å². The molecule has 0 N–H and O–H groups in total. The van der Waals surface area contributed by atoms with Crippen molar-refractivity contribution < 1.29 is 4.79 Å². The van der Waals surface area contributed by atoms with Crippen LogP contribution >= 0.6 is 15.9 Å². The molecule has 100 valence electrons. The molecule has 1 aromatic carbocycles. The minimum atomic E-state index is 0.289. The highest BCUT2D eigenvalue weighted by molar-refractivity contribution is 9.09. The number of alkyl halides is 1. The maximum atomic E-state index is 11.9. The van der Waals surface area contributed by atoms with Gasteiger partial charge >= 0.3 is 0 Å². The molecule has 2 heteroatoms. The van der Waals surface area contributed by atoms with Gasteiger partial charge in [0.15, 0.2) is 5.78 Å². The van der Waals surface area contributed by atoms with Gasteiger partial charge in [-0.05, 0) is 18.4 Å². The summed E-state index contributed by atoms with van der Waals surface area (Å²) >= 11 is 3.42. The number of halogens is 1. The molecule has 0 atom stereocenters. The third-order valence-electron chi connectivity index (χ3n) is 3.17. The number of Topliss-reactive ketones (excluding diaryl/α,β-unsaturated/α-hetero) is 1. The van der Waals surface area contributed by atoms with Crippen molar-refractivity contribution in [3.05, 3.63) is 35.4 Å². The molecule has 0 fully saturated rings. The molecule has 0 saturated carbocycles. The fraction of sp³-hybridized carbons (Fsp3) is 0.562. The van der Waals surface area contributed by atoms with Crippen molar-refractivity contribution in [1.82, 2.24) is 0 Å². The lowest BCUT2D eigenvalue weighted by Gasteiger charge is -2.03. The summed E-state index contributed by atoms with van der Waals surface area (Å²) in [6.45, 7) is 2.21. The van der Waals surface area contributed by atoms with Gasteiger partial charge in [0, 0.05) is 17.3 Å². The number of hydrogen-bond donors (Lipinski definition) is 0. The summed E-state index contributed by atoms with van der Waals surface area (Å²) in [6, 6.07) is 8.05. The van der Waals surface area contributed by atoms with Crippen LogP contribution in [0.15, 0.2) is 24.3 Å². The minimum absolute atomic E-state index is 0.289. The van der Waals surface area contributed by atoms with Gasteiger partial charge in [0.2, 0.25) is 0 Å². The molecule has 0 bridgehead atoms. The van der Waals surface area contributed by atoms with Crippen LogP contribution in [0, 0.1) is 0 Å². The molecule has 1 nitrogen and oxygen atoms in total. The maximum absolute atomic E-state index is 11.9. The largest absolute Gasteiger partial charge is 0.294 e. The molecule has 0 aliphatic heterocycles. The van der Waals surface area contributed by atoms with Crippen LogP contribution in [-0.2, 0) is 6.42 Å². The standard InChI is InChI=1S/C16H23BrO/c1-2-3-4-5-6-7-16(18)15-10-8-14(9-11-15)12-13-17/h8-11H,2-7,12-13H2,1H3. The van der Waals surface area contributed by atoms with Gasteiger partial charge in [0.1, 0.15) is 0 Å². The Morgan fingerprint density at radius 2 is 1.72 bits per heavy atom. The van der Waals surface area contributed by atoms with E-state index in [2.05, 4.69) is 35.0 Å². The fourth-order valence-electron chi connectivity index (χ4n) is 2.00. The molecule has 0 aromatic heterocycles. The number of ketones is 1. The summed E-state index contributed by atoms with van der Waals surface area (Å²) in [5.41, 5.74) is 2.15. The molecule has 0 spiro atoms. The van der Waals surface area contributed by atoms with E-state index in [0.29, 0.717) is 6.42 Å². The molecule has 0 radical (unpaired) electrons. The van der Waals surface area contributed by atoms with Crippen LogP contribution in [0.4, 0.5) is 0 Å². The number of benzene rings is 1. The molecule has 0 heterocycles. The van der Waals surface area contributed by atoms with Crippen molar-refractivity contribution in [2.24, 2.45) is 0 Å². The Labute approximate surface area is 119 Å². The predicted octanol–water partition coefficient (Wildman–Crippen LogP) is 5.17. The Kier molecular flexibility index (Phi) is 7.99. The van der Waals surface area contributed by atoms with Crippen LogP contribution in [0.25, 0.3) is 0 Å². The van der Waals surface area contributed by atoms with Crippen LogP contribution in [0.5, 0.6) is 0 Å². The molecule has 0 unspecified atom stereocenters. The smallest absolute Gasteiger partial charge is 0.162 e. The molecule has 0 saturated heterocycles. The summed E-state index contributed by atoms with van der Waals surface area (Å²) in [6.07, 6.45) is 7.72. The SMILES string of the molecule is CCCCCCCC(=O)c1ccc(CCBr)cc1. The summed E-state index contributed by atoms with van der Waals surface area (Å²) in [7, 11) is 0. The molecule has 1 rings (SSSR count). The Morgan fingerprint density at radius 1 is 1.06 bits per heavy atom. The van der Waals surface area contributed by atoms with E-state index in [9.17, 15) is 4.79 Å². The van der Waals surface area contributed by atoms with Gasteiger partial charge in [-0.1, -0.05) is 72.8 Å². The van der Waals surface area contributed by atoms with Gasteiger partial charge in [-0.25, -0.2) is 0 Å². The number of carbonyl (C=O) groups is 1. The number of unbranched alkanes of at least 4 members (excludes halogenated alkanes) is 4.